The molecule has 0 aliphatic heterocycles. The number of aryl methyl sites for hydroxylation is 2. The van der Waals surface area contributed by atoms with Crippen molar-refractivity contribution in [2.24, 2.45) is 0 Å². The molecule has 122 valence electrons. The van der Waals surface area contributed by atoms with Crippen LogP contribution in [0.15, 0.2) is 47.2 Å². The SMILES string of the molecule is Cc1ccc(F)c(NC(=O)CCc2nc(-c3ccncc3)no2)c1. The molecule has 2 heterocycles. The second kappa shape index (κ2) is 6.99. The van der Waals surface area contributed by atoms with Crippen LogP contribution in [-0.4, -0.2) is 21.0 Å². The quantitative estimate of drug-likeness (QED) is 0.779. The van der Waals surface area contributed by atoms with Crippen LogP contribution in [0.4, 0.5) is 10.1 Å². The van der Waals surface area contributed by atoms with Gasteiger partial charge in [0.15, 0.2) is 0 Å². The van der Waals surface area contributed by atoms with Gasteiger partial charge in [-0.2, -0.15) is 4.98 Å². The summed E-state index contributed by atoms with van der Waals surface area (Å²) in [5, 5.41) is 6.42. The van der Waals surface area contributed by atoms with Gasteiger partial charge in [-0.15, -0.1) is 0 Å². The highest BCUT2D eigenvalue weighted by molar-refractivity contribution is 5.91. The third-order valence-corrected chi connectivity index (χ3v) is 3.37. The topological polar surface area (TPSA) is 80.9 Å². The van der Waals surface area contributed by atoms with Gasteiger partial charge in [-0.3, -0.25) is 9.78 Å². The molecule has 1 amide bonds. The lowest BCUT2D eigenvalue weighted by Crippen LogP contribution is -2.13. The Bertz CT molecular complexity index is 849. The third kappa shape index (κ3) is 3.81. The first kappa shape index (κ1) is 15.8. The van der Waals surface area contributed by atoms with E-state index >= 15 is 0 Å². The van der Waals surface area contributed by atoms with Crippen LogP contribution < -0.4 is 5.32 Å². The molecule has 7 heteroatoms. The van der Waals surface area contributed by atoms with Crippen LogP contribution in [0.1, 0.15) is 17.9 Å². The number of nitrogens with zero attached hydrogens (tertiary/aromatic N) is 3. The zero-order valence-electron chi connectivity index (χ0n) is 13.0. The fourth-order valence-electron chi connectivity index (χ4n) is 2.14. The Balaban J connectivity index is 1.59. The van der Waals surface area contributed by atoms with E-state index in [1.807, 2.05) is 6.92 Å². The Morgan fingerprint density at radius 1 is 1.25 bits per heavy atom. The van der Waals surface area contributed by atoms with Crippen molar-refractivity contribution in [3.8, 4) is 11.4 Å². The summed E-state index contributed by atoms with van der Waals surface area (Å²) in [5.41, 5.74) is 1.82. The van der Waals surface area contributed by atoms with Crippen molar-refractivity contribution in [1.29, 1.82) is 0 Å². The normalized spacial score (nSPS) is 10.6. The van der Waals surface area contributed by atoms with E-state index in [4.69, 9.17) is 4.52 Å². The number of carbonyl (C=O) groups excluding carboxylic acids is 1. The van der Waals surface area contributed by atoms with E-state index < -0.39 is 5.82 Å². The molecule has 2 aromatic heterocycles. The average Bonchev–Trinajstić information content (AvgIpc) is 3.06. The number of anilines is 1. The van der Waals surface area contributed by atoms with Crippen molar-refractivity contribution in [1.82, 2.24) is 15.1 Å². The van der Waals surface area contributed by atoms with Gasteiger partial charge in [0.1, 0.15) is 5.82 Å². The van der Waals surface area contributed by atoms with Gasteiger partial charge in [-0.1, -0.05) is 11.2 Å². The maximum Gasteiger partial charge on any atom is 0.227 e. The van der Waals surface area contributed by atoms with Crippen LogP contribution >= 0.6 is 0 Å². The van der Waals surface area contributed by atoms with Gasteiger partial charge in [0.05, 0.1) is 5.69 Å². The van der Waals surface area contributed by atoms with Gasteiger partial charge >= 0.3 is 0 Å². The van der Waals surface area contributed by atoms with Crippen molar-refractivity contribution in [3.63, 3.8) is 0 Å². The number of nitrogens with one attached hydrogen (secondary N) is 1. The first-order valence-electron chi connectivity index (χ1n) is 7.41. The fourth-order valence-corrected chi connectivity index (χ4v) is 2.14. The Labute approximate surface area is 137 Å². The minimum Gasteiger partial charge on any atom is -0.339 e. The molecule has 0 atom stereocenters. The highest BCUT2D eigenvalue weighted by Gasteiger charge is 2.12. The summed E-state index contributed by atoms with van der Waals surface area (Å²) < 4.78 is 18.8. The van der Waals surface area contributed by atoms with Crippen LogP contribution in [0.25, 0.3) is 11.4 Å². The Hall–Kier alpha value is -3.09. The maximum atomic E-state index is 13.6. The van der Waals surface area contributed by atoms with Crippen molar-refractivity contribution < 1.29 is 13.7 Å². The predicted molar refractivity (Wildman–Crippen MR) is 85.6 cm³/mol. The molecule has 0 spiro atoms. The second-order valence-corrected chi connectivity index (χ2v) is 5.28. The lowest BCUT2D eigenvalue weighted by Gasteiger charge is -2.06. The number of hydrogen-bond donors (Lipinski definition) is 1. The van der Waals surface area contributed by atoms with Crippen molar-refractivity contribution in [2.45, 2.75) is 19.8 Å². The van der Waals surface area contributed by atoms with Crippen LogP contribution in [-0.2, 0) is 11.2 Å². The predicted octanol–water partition coefficient (Wildman–Crippen LogP) is 3.15. The molecule has 0 aliphatic carbocycles. The van der Waals surface area contributed by atoms with E-state index in [9.17, 15) is 9.18 Å². The van der Waals surface area contributed by atoms with E-state index in [2.05, 4.69) is 20.4 Å². The van der Waals surface area contributed by atoms with Crippen LogP contribution in [0.5, 0.6) is 0 Å². The number of halogens is 1. The molecule has 0 radical (unpaired) electrons. The summed E-state index contributed by atoms with van der Waals surface area (Å²) in [6.45, 7) is 1.83. The molecule has 24 heavy (non-hydrogen) atoms. The van der Waals surface area contributed by atoms with Gasteiger partial charge in [0.25, 0.3) is 0 Å². The molecule has 6 nitrogen and oxygen atoms in total. The number of hydrogen-bond acceptors (Lipinski definition) is 5. The summed E-state index contributed by atoms with van der Waals surface area (Å²) in [7, 11) is 0. The smallest absolute Gasteiger partial charge is 0.227 e. The Kier molecular flexibility index (Phi) is 4.60. The van der Waals surface area contributed by atoms with Crippen LogP contribution in [0.2, 0.25) is 0 Å². The van der Waals surface area contributed by atoms with Gasteiger partial charge in [0.2, 0.25) is 17.6 Å². The zero-order chi connectivity index (χ0) is 16.9. The van der Waals surface area contributed by atoms with Crippen LogP contribution in [0, 0.1) is 12.7 Å². The largest absolute Gasteiger partial charge is 0.339 e. The van der Waals surface area contributed by atoms with E-state index in [0.717, 1.165) is 11.1 Å². The molecule has 0 saturated heterocycles. The average molecular weight is 326 g/mol. The first-order valence-corrected chi connectivity index (χ1v) is 7.41. The van der Waals surface area contributed by atoms with E-state index in [1.54, 1.807) is 36.7 Å². The molecular formula is C17H15FN4O2. The van der Waals surface area contributed by atoms with Crippen molar-refractivity contribution >= 4 is 11.6 Å². The fraction of sp³-hybridized carbons (Fsp3) is 0.176. The minimum absolute atomic E-state index is 0.116. The van der Waals surface area contributed by atoms with E-state index in [0.29, 0.717) is 11.7 Å². The molecular weight excluding hydrogens is 311 g/mol. The third-order valence-electron chi connectivity index (χ3n) is 3.37. The zero-order valence-corrected chi connectivity index (χ0v) is 13.0. The number of benzene rings is 1. The Morgan fingerprint density at radius 2 is 2.04 bits per heavy atom. The molecule has 0 unspecified atom stereocenters. The number of aromatic nitrogens is 3. The number of pyridine rings is 1. The van der Waals surface area contributed by atoms with E-state index in [1.165, 1.54) is 6.07 Å². The summed E-state index contributed by atoms with van der Waals surface area (Å²) in [6.07, 6.45) is 3.66. The molecule has 3 aromatic rings. The molecule has 0 saturated carbocycles. The van der Waals surface area contributed by atoms with Gasteiger partial charge in [-0.25, -0.2) is 4.39 Å². The van der Waals surface area contributed by atoms with Crippen LogP contribution in [0.3, 0.4) is 0 Å². The monoisotopic (exact) mass is 326 g/mol. The lowest BCUT2D eigenvalue weighted by molar-refractivity contribution is -0.116. The number of amides is 1. The summed E-state index contributed by atoms with van der Waals surface area (Å²) in [4.78, 5) is 20.1. The number of carbonyl (C=O) groups is 1. The van der Waals surface area contributed by atoms with Gasteiger partial charge in [0, 0.05) is 30.8 Å². The molecule has 0 fully saturated rings. The van der Waals surface area contributed by atoms with Gasteiger partial charge in [-0.05, 0) is 36.8 Å². The maximum absolute atomic E-state index is 13.6. The van der Waals surface area contributed by atoms with Crippen molar-refractivity contribution in [2.75, 3.05) is 5.32 Å². The lowest BCUT2D eigenvalue weighted by atomic mass is 10.2. The molecule has 3 rings (SSSR count). The summed E-state index contributed by atoms with van der Waals surface area (Å²) in [5.74, 6) is 0.00841. The van der Waals surface area contributed by atoms with Crippen molar-refractivity contribution in [3.05, 3.63) is 60.0 Å². The highest BCUT2D eigenvalue weighted by Crippen LogP contribution is 2.17. The molecule has 0 aliphatic rings. The summed E-state index contributed by atoms with van der Waals surface area (Å²) in [6, 6.07) is 8.08. The van der Waals surface area contributed by atoms with Gasteiger partial charge < -0.3 is 9.84 Å². The highest BCUT2D eigenvalue weighted by atomic mass is 19.1. The molecule has 1 aromatic carbocycles. The summed E-state index contributed by atoms with van der Waals surface area (Å²) >= 11 is 0. The standard InChI is InChI=1S/C17H15FN4O2/c1-11-2-3-13(18)14(10-11)20-15(23)4-5-16-21-17(22-24-16)12-6-8-19-9-7-12/h2-3,6-10H,4-5H2,1H3,(H,20,23). The molecule has 0 bridgehead atoms. The second-order valence-electron chi connectivity index (χ2n) is 5.28. The molecule has 1 N–H and O–H groups in total. The minimum atomic E-state index is -0.466. The Morgan fingerprint density at radius 3 is 2.83 bits per heavy atom. The number of rotatable bonds is 5. The first-order chi connectivity index (χ1) is 11.6. The van der Waals surface area contributed by atoms with E-state index in [-0.39, 0.29) is 24.4 Å².